The highest BCUT2D eigenvalue weighted by molar-refractivity contribution is 9.10. The van der Waals surface area contributed by atoms with Crippen LogP contribution in [0.25, 0.3) is 0 Å². The molecule has 1 aliphatic rings. The Morgan fingerprint density at radius 2 is 1.85 bits per heavy atom. The molecular weight excluding hydrogens is 498 g/mol. The minimum Gasteiger partial charge on any atom is -0.463 e. The number of rotatable bonds is 5. The van der Waals surface area contributed by atoms with Crippen molar-refractivity contribution >= 4 is 47.9 Å². The van der Waals surface area contributed by atoms with Crippen molar-refractivity contribution in [3.63, 3.8) is 0 Å². The first-order valence-electron chi connectivity index (χ1n) is 8.24. The summed E-state index contributed by atoms with van der Waals surface area (Å²) >= 11 is 6.72. The fourth-order valence-electron chi connectivity index (χ4n) is 2.97. The van der Waals surface area contributed by atoms with Gasteiger partial charge >= 0.3 is 5.97 Å². The van der Waals surface area contributed by atoms with E-state index in [-0.39, 0.29) is 18.0 Å². The van der Waals surface area contributed by atoms with Crippen molar-refractivity contribution < 1.29 is 17.9 Å². The lowest BCUT2D eigenvalue weighted by Crippen LogP contribution is -2.33. The maximum Gasteiger partial charge on any atom is 0.335 e. The zero-order valence-corrected chi connectivity index (χ0v) is 18.4. The van der Waals surface area contributed by atoms with Gasteiger partial charge in [0.2, 0.25) is 10.0 Å². The van der Waals surface area contributed by atoms with E-state index < -0.39 is 22.0 Å². The second kappa shape index (κ2) is 8.26. The highest BCUT2D eigenvalue weighted by atomic mass is 79.9. The van der Waals surface area contributed by atoms with E-state index in [0.29, 0.717) is 11.1 Å². The van der Waals surface area contributed by atoms with Crippen LogP contribution >= 0.6 is 31.9 Å². The molecule has 1 atom stereocenters. The van der Waals surface area contributed by atoms with Crippen LogP contribution in [0.15, 0.2) is 74.0 Å². The second-order valence-corrected chi connectivity index (χ2v) is 9.59. The van der Waals surface area contributed by atoms with Crippen molar-refractivity contribution in [2.24, 2.45) is 0 Å². The Morgan fingerprint density at radius 1 is 1.15 bits per heavy atom. The quantitative estimate of drug-likeness (QED) is 0.553. The van der Waals surface area contributed by atoms with Crippen molar-refractivity contribution in [1.29, 1.82) is 0 Å². The molecular formula is C19H17Br2NO4S. The summed E-state index contributed by atoms with van der Waals surface area (Å²) in [4.78, 5) is 12.6. The normalized spacial score (nSPS) is 17.6. The summed E-state index contributed by atoms with van der Waals surface area (Å²) in [5.41, 5.74) is 1.03. The SMILES string of the molecule is CCOC(=O)C1=CCN(S(=O)(=O)c2ccc(Br)cc2)C1c1cccc(Br)c1. The first kappa shape index (κ1) is 20.3. The standard InChI is InChI=1S/C19H17Br2NO4S/c1-2-26-19(23)17-10-11-22(18(17)13-4-3-5-15(21)12-13)27(24,25)16-8-6-14(20)7-9-16/h3-10,12,18H,2,11H2,1H3. The van der Waals surface area contributed by atoms with Crippen LogP contribution in [0, 0.1) is 0 Å². The number of nitrogens with zero attached hydrogens (tertiary/aromatic N) is 1. The summed E-state index contributed by atoms with van der Waals surface area (Å²) in [6.45, 7) is 2.04. The number of halogens is 2. The Bertz CT molecular complexity index is 987. The van der Waals surface area contributed by atoms with E-state index >= 15 is 0 Å². The van der Waals surface area contributed by atoms with E-state index in [2.05, 4.69) is 31.9 Å². The molecule has 0 spiro atoms. The maximum atomic E-state index is 13.3. The highest BCUT2D eigenvalue weighted by Gasteiger charge is 2.41. The molecule has 0 radical (unpaired) electrons. The molecule has 1 aliphatic heterocycles. The van der Waals surface area contributed by atoms with Gasteiger partial charge in [-0.15, -0.1) is 0 Å². The summed E-state index contributed by atoms with van der Waals surface area (Å²) in [6.07, 6.45) is 1.62. The van der Waals surface area contributed by atoms with Crippen molar-refractivity contribution in [2.75, 3.05) is 13.2 Å². The Labute approximate surface area is 175 Å². The van der Waals surface area contributed by atoms with Crippen LogP contribution in [0.4, 0.5) is 0 Å². The molecule has 0 aromatic heterocycles. The minimum atomic E-state index is -3.81. The average molecular weight is 515 g/mol. The van der Waals surface area contributed by atoms with Gasteiger partial charge in [-0.25, -0.2) is 13.2 Å². The predicted octanol–water partition coefficient (Wildman–Crippen LogP) is 4.45. The Kier molecular flexibility index (Phi) is 6.20. The molecule has 0 aliphatic carbocycles. The fourth-order valence-corrected chi connectivity index (χ4v) is 5.19. The molecule has 0 fully saturated rings. The van der Waals surface area contributed by atoms with Gasteiger partial charge in [-0.1, -0.05) is 50.1 Å². The largest absolute Gasteiger partial charge is 0.463 e. The number of hydrogen-bond acceptors (Lipinski definition) is 4. The Balaban J connectivity index is 2.06. The molecule has 5 nitrogen and oxygen atoms in total. The van der Waals surface area contributed by atoms with Crippen LogP contribution in [0.1, 0.15) is 18.5 Å². The van der Waals surface area contributed by atoms with Gasteiger partial charge in [0.25, 0.3) is 0 Å². The zero-order chi connectivity index (χ0) is 19.6. The molecule has 1 heterocycles. The number of esters is 1. The lowest BCUT2D eigenvalue weighted by atomic mass is 10.0. The van der Waals surface area contributed by atoms with E-state index in [1.165, 1.54) is 4.31 Å². The summed E-state index contributed by atoms with van der Waals surface area (Å²) in [6, 6.07) is 13.0. The molecule has 1 unspecified atom stereocenters. The molecule has 0 bridgehead atoms. The number of hydrogen-bond donors (Lipinski definition) is 0. The smallest absolute Gasteiger partial charge is 0.335 e. The third-order valence-electron chi connectivity index (χ3n) is 4.17. The number of carbonyl (C=O) groups excluding carboxylic acids is 1. The number of carbonyl (C=O) groups is 1. The third-order valence-corrected chi connectivity index (χ3v) is 7.04. The van der Waals surface area contributed by atoms with Gasteiger partial charge in [-0.05, 0) is 48.9 Å². The lowest BCUT2D eigenvalue weighted by molar-refractivity contribution is -0.138. The molecule has 0 saturated heterocycles. The summed E-state index contributed by atoms with van der Waals surface area (Å²) < 4.78 is 34.6. The second-order valence-electron chi connectivity index (χ2n) is 5.87. The van der Waals surface area contributed by atoms with Crippen molar-refractivity contribution in [1.82, 2.24) is 4.31 Å². The van der Waals surface area contributed by atoms with Gasteiger partial charge in [0.05, 0.1) is 23.1 Å². The highest BCUT2D eigenvalue weighted by Crippen LogP contribution is 2.39. The van der Waals surface area contributed by atoms with E-state index in [1.807, 2.05) is 18.2 Å². The van der Waals surface area contributed by atoms with Crippen LogP contribution in [0.5, 0.6) is 0 Å². The van der Waals surface area contributed by atoms with Crippen LogP contribution < -0.4 is 0 Å². The lowest BCUT2D eigenvalue weighted by Gasteiger charge is -2.26. The molecule has 142 valence electrons. The third kappa shape index (κ3) is 4.18. The van der Waals surface area contributed by atoms with Gasteiger partial charge < -0.3 is 4.74 Å². The van der Waals surface area contributed by atoms with Crippen molar-refractivity contribution in [2.45, 2.75) is 17.9 Å². The van der Waals surface area contributed by atoms with E-state index in [9.17, 15) is 13.2 Å². The van der Waals surface area contributed by atoms with E-state index in [0.717, 1.165) is 8.95 Å². The summed E-state index contributed by atoms with van der Waals surface area (Å²) in [5, 5.41) is 0. The first-order chi connectivity index (χ1) is 12.8. The van der Waals surface area contributed by atoms with Gasteiger partial charge in [-0.3, -0.25) is 0 Å². The molecule has 2 aromatic carbocycles. The molecule has 0 N–H and O–H groups in total. The minimum absolute atomic E-state index is 0.101. The number of benzene rings is 2. The Morgan fingerprint density at radius 3 is 2.48 bits per heavy atom. The van der Waals surface area contributed by atoms with Gasteiger partial charge in [0.15, 0.2) is 0 Å². The first-order valence-corrected chi connectivity index (χ1v) is 11.3. The Hall–Kier alpha value is -1.48. The summed E-state index contributed by atoms with van der Waals surface area (Å²) in [7, 11) is -3.81. The molecule has 8 heteroatoms. The van der Waals surface area contributed by atoms with E-state index in [4.69, 9.17) is 4.74 Å². The zero-order valence-electron chi connectivity index (χ0n) is 14.4. The molecule has 0 amide bonds. The number of sulfonamides is 1. The molecule has 27 heavy (non-hydrogen) atoms. The van der Waals surface area contributed by atoms with Gasteiger partial charge in [-0.2, -0.15) is 4.31 Å². The van der Waals surface area contributed by atoms with Crippen LogP contribution in [-0.4, -0.2) is 31.8 Å². The van der Waals surface area contributed by atoms with Crippen LogP contribution in [-0.2, 0) is 19.6 Å². The van der Waals surface area contributed by atoms with Crippen LogP contribution in [0.3, 0.4) is 0 Å². The monoisotopic (exact) mass is 513 g/mol. The molecule has 3 rings (SSSR count). The fraction of sp³-hybridized carbons (Fsp3) is 0.211. The topological polar surface area (TPSA) is 63.7 Å². The number of ether oxygens (including phenoxy) is 1. The van der Waals surface area contributed by atoms with Crippen molar-refractivity contribution in [3.8, 4) is 0 Å². The molecule has 0 saturated carbocycles. The predicted molar refractivity (Wildman–Crippen MR) is 110 cm³/mol. The van der Waals surface area contributed by atoms with Crippen molar-refractivity contribution in [3.05, 3.63) is 74.7 Å². The van der Waals surface area contributed by atoms with Gasteiger partial charge in [0.1, 0.15) is 0 Å². The van der Waals surface area contributed by atoms with E-state index in [1.54, 1.807) is 43.3 Å². The molecule has 2 aromatic rings. The van der Waals surface area contributed by atoms with Crippen LogP contribution in [0.2, 0.25) is 0 Å². The summed E-state index contributed by atoms with van der Waals surface area (Å²) in [5.74, 6) is -0.504. The maximum absolute atomic E-state index is 13.3. The van der Waals surface area contributed by atoms with Gasteiger partial charge in [0, 0.05) is 15.5 Å². The average Bonchev–Trinajstić information content (AvgIpc) is 3.08.